The quantitative estimate of drug-likeness (QED) is 0.798. The Bertz CT molecular complexity index is 804. The van der Waals surface area contributed by atoms with E-state index in [2.05, 4.69) is 32.7 Å². The Morgan fingerprint density at radius 3 is 2.68 bits per heavy atom. The first-order valence-corrected chi connectivity index (χ1v) is 9.54. The zero-order valence-electron chi connectivity index (χ0n) is 16.7. The van der Waals surface area contributed by atoms with Crippen LogP contribution < -0.4 is 25.0 Å². The molecule has 2 aromatic rings. The van der Waals surface area contributed by atoms with Crippen LogP contribution in [0, 0.1) is 12.8 Å². The zero-order valence-corrected chi connectivity index (χ0v) is 16.7. The molecule has 1 aromatic heterocycles. The van der Waals surface area contributed by atoms with Crippen molar-refractivity contribution in [3.63, 3.8) is 0 Å². The topological polar surface area (TPSA) is 75.7 Å². The van der Waals surface area contributed by atoms with Gasteiger partial charge in [-0.05, 0) is 49.9 Å². The molecule has 1 saturated heterocycles. The molecule has 0 spiro atoms. The highest BCUT2D eigenvalue weighted by molar-refractivity contribution is 5.91. The predicted octanol–water partition coefficient (Wildman–Crippen LogP) is 3.45. The van der Waals surface area contributed by atoms with E-state index >= 15 is 0 Å². The molecule has 1 fully saturated rings. The molecule has 2 N–H and O–H groups in total. The van der Waals surface area contributed by atoms with Crippen molar-refractivity contribution >= 4 is 17.4 Å². The summed E-state index contributed by atoms with van der Waals surface area (Å²) in [4.78, 5) is 18.9. The summed E-state index contributed by atoms with van der Waals surface area (Å²) in [6, 6.07) is 9.33. The van der Waals surface area contributed by atoms with Crippen molar-refractivity contribution in [2.24, 2.45) is 5.92 Å². The van der Waals surface area contributed by atoms with E-state index in [0.717, 1.165) is 31.6 Å². The van der Waals surface area contributed by atoms with E-state index in [1.165, 1.54) is 5.69 Å². The molecule has 150 valence electrons. The largest absolute Gasteiger partial charge is 0.493 e. The Morgan fingerprint density at radius 1 is 1.21 bits per heavy atom. The number of piperidine rings is 1. The second-order valence-electron chi connectivity index (χ2n) is 6.96. The van der Waals surface area contributed by atoms with Crippen LogP contribution in [-0.2, 0) is 0 Å². The number of ether oxygens (including phenoxy) is 2. The van der Waals surface area contributed by atoms with Gasteiger partial charge in [-0.15, -0.1) is 0 Å². The fourth-order valence-electron chi connectivity index (χ4n) is 3.51. The smallest absolute Gasteiger partial charge is 0.319 e. The third-order valence-electron chi connectivity index (χ3n) is 5.06. The Labute approximate surface area is 166 Å². The number of anilines is 2. The van der Waals surface area contributed by atoms with E-state index in [1.807, 2.05) is 19.2 Å². The molecule has 1 aliphatic heterocycles. The minimum absolute atomic E-state index is 0.237. The number of pyridine rings is 1. The Balaban J connectivity index is 1.47. The number of aryl methyl sites for hydroxylation is 1. The maximum atomic E-state index is 12.3. The molecule has 2 heterocycles. The molecular formula is C21H28N4O3. The van der Waals surface area contributed by atoms with Gasteiger partial charge in [-0.25, -0.2) is 4.79 Å². The maximum Gasteiger partial charge on any atom is 0.319 e. The SMILES string of the molecule is COc1cccc(NC(=O)NCC2CCN(c3ccnc(C)c3)CC2)c1OC. The third-order valence-corrected chi connectivity index (χ3v) is 5.06. The van der Waals surface area contributed by atoms with Crippen LogP contribution in [0.5, 0.6) is 11.5 Å². The van der Waals surface area contributed by atoms with Gasteiger partial charge < -0.3 is 25.0 Å². The molecule has 2 amide bonds. The van der Waals surface area contributed by atoms with Gasteiger partial charge in [-0.2, -0.15) is 0 Å². The molecule has 0 aliphatic carbocycles. The number of hydrogen-bond donors (Lipinski definition) is 2. The van der Waals surface area contributed by atoms with Crippen molar-refractivity contribution in [1.82, 2.24) is 10.3 Å². The first-order chi connectivity index (χ1) is 13.6. The molecule has 7 heteroatoms. The predicted molar refractivity (Wildman–Crippen MR) is 110 cm³/mol. The highest BCUT2D eigenvalue weighted by Crippen LogP contribution is 2.34. The van der Waals surface area contributed by atoms with Gasteiger partial charge in [-0.3, -0.25) is 4.98 Å². The molecule has 1 aliphatic rings. The van der Waals surface area contributed by atoms with Crippen LogP contribution >= 0.6 is 0 Å². The lowest BCUT2D eigenvalue weighted by atomic mass is 9.96. The van der Waals surface area contributed by atoms with Crippen molar-refractivity contribution in [1.29, 1.82) is 0 Å². The number of para-hydroxylation sites is 1. The van der Waals surface area contributed by atoms with Crippen molar-refractivity contribution in [2.75, 3.05) is 44.1 Å². The Hall–Kier alpha value is -2.96. The number of aromatic nitrogens is 1. The summed E-state index contributed by atoms with van der Waals surface area (Å²) in [5.41, 5.74) is 2.84. The van der Waals surface area contributed by atoms with Crippen molar-refractivity contribution in [2.45, 2.75) is 19.8 Å². The monoisotopic (exact) mass is 384 g/mol. The molecule has 1 aromatic carbocycles. The lowest BCUT2D eigenvalue weighted by Crippen LogP contribution is -2.39. The van der Waals surface area contributed by atoms with Crippen LogP contribution in [0.1, 0.15) is 18.5 Å². The summed E-state index contributed by atoms with van der Waals surface area (Å²) in [6.45, 7) is 4.64. The zero-order chi connectivity index (χ0) is 19.9. The molecule has 3 rings (SSSR count). The standard InChI is InChI=1S/C21H28N4O3/c1-15-13-17(7-10-22-15)25-11-8-16(9-12-25)14-23-21(26)24-18-5-4-6-19(27-2)20(18)28-3/h4-7,10,13,16H,8-9,11-12,14H2,1-3H3,(H2,23,24,26). The van der Waals surface area contributed by atoms with Crippen LogP contribution in [0.4, 0.5) is 16.2 Å². The molecule has 0 radical (unpaired) electrons. The molecule has 7 nitrogen and oxygen atoms in total. The number of hydrogen-bond acceptors (Lipinski definition) is 5. The summed E-state index contributed by atoms with van der Waals surface area (Å²) in [6.07, 6.45) is 3.95. The first-order valence-electron chi connectivity index (χ1n) is 9.54. The number of nitrogens with one attached hydrogen (secondary N) is 2. The molecular weight excluding hydrogens is 356 g/mol. The molecule has 0 saturated carbocycles. The average molecular weight is 384 g/mol. The van der Waals surface area contributed by atoms with Crippen molar-refractivity contribution in [3.8, 4) is 11.5 Å². The van der Waals surface area contributed by atoms with Gasteiger partial charge in [0.1, 0.15) is 0 Å². The van der Waals surface area contributed by atoms with E-state index in [4.69, 9.17) is 9.47 Å². The second-order valence-corrected chi connectivity index (χ2v) is 6.96. The van der Waals surface area contributed by atoms with Gasteiger partial charge in [0, 0.05) is 37.2 Å². The Kier molecular flexibility index (Phi) is 6.57. The van der Waals surface area contributed by atoms with Crippen molar-refractivity contribution < 1.29 is 14.3 Å². The lowest BCUT2D eigenvalue weighted by Gasteiger charge is -2.33. The number of carbonyl (C=O) groups excluding carboxylic acids is 1. The number of benzene rings is 1. The van der Waals surface area contributed by atoms with E-state index in [0.29, 0.717) is 29.6 Å². The Morgan fingerprint density at radius 2 is 2.00 bits per heavy atom. The number of urea groups is 1. The van der Waals surface area contributed by atoms with Gasteiger partial charge in [0.2, 0.25) is 0 Å². The fraction of sp³-hybridized carbons (Fsp3) is 0.429. The van der Waals surface area contributed by atoms with Gasteiger partial charge in [-0.1, -0.05) is 6.07 Å². The summed E-state index contributed by atoms with van der Waals surface area (Å²) in [5, 5.41) is 5.82. The summed E-state index contributed by atoms with van der Waals surface area (Å²) < 4.78 is 10.6. The highest BCUT2D eigenvalue weighted by atomic mass is 16.5. The summed E-state index contributed by atoms with van der Waals surface area (Å²) in [5.74, 6) is 1.57. The normalized spacial score (nSPS) is 14.5. The maximum absolute atomic E-state index is 12.3. The van der Waals surface area contributed by atoms with E-state index in [1.54, 1.807) is 26.4 Å². The van der Waals surface area contributed by atoms with E-state index < -0.39 is 0 Å². The number of rotatable bonds is 6. The lowest BCUT2D eigenvalue weighted by molar-refractivity contribution is 0.248. The van der Waals surface area contributed by atoms with Crippen LogP contribution in [-0.4, -0.2) is 44.9 Å². The van der Waals surface area contributed by atoms with Gasteiger partial charge in [0.25, 0.3) is 0 Å². The van der Waals surface area contributed by atoms with Gasteiger partial charge in [0.15, 0.2) is 11.5 Å². The van der Waals surface area contributed by atoms with E-state index in [-0.39, 0.29) is 6.03 Å². The van der Waals surface area contributed by atoms with E-state index in [9.17, 15) is 4.79 Å². The minimum atomic E-state index is -0.237. The number of carbonyl (C=O) groups is 1. The van der Waals surface area contributed by atoms with Gasteiger partial charge >= 0.3 is 6.03 Å². The molecule has 0 bridgehead atoms. The van der Waals surface area contributed by atoms with Crippen LogP contribution in [0.3, 0.4) is 0 Å². The third kappa shape index (κ3) is 4.85. The second kappa shape index (κ2) is 9.30. The summed E-state index contributed by atoms with van der Waals surface area (Å²) >= 11 is 0. The van der Waals surface area contributed by atoms with Crippen LogP contribution in [0.25, 0.3) is 0 Å². The molecule has 0 atom stereocenters. The number of amides is 2. The minimum Gasteiger partial charge on any atom is -0.493 e. The fourth-order valence-corrected chi connectivity index (χ4v) is 3.51. The van der Waals surface area contributed by atoms with Crippen molar-refractivity contribution in [3.05, 3.63) is 42.2 Å². The van der Waals surface area contributed by atoms with Crippen LogP contribution in [0.15, 0.2) is 36.5 Å². The number of nitrogens with zero attached hydrogens (tertiary/aromatic N) is 2. The summed E-state index contributed by atoms with van der Waals surface area (Å²) in [7, 11) is 3.13. The first kappa shape index (κ1) is 19.8. The average Bonchev–Trinajstić information content (AvgIpc) is 2.72. The van der Waals surface area contributed by atoms with Gasteiger partial charge in [0.05, 0.1) is 19.9 Å². The number of methoxy groups -OCH3 is 2. The molecule has 28 heavy (non-hydrogen) atoms. The van der Waals surface area contributed by atoms with Crippen LogP contribution in [0.2, 0.25) is 0 Å². The molecule has 0 unspecified atom stereocenters. The highest BCUT2D eigenvalue weighted by Gasteiger charge is 2.20.